The molecule has 1 aliphatic rings. The summed E-state index contributed by atoms with van der Waals surface area (Å²) < 4.78 is 33.7. The van der Waals surface area contributed by atoms with Gasteiger partial charge in [0.15, 0.2) is 5.13 Å². The van der Waals surface area contributed by atoms with Crippen molar-refractivity contribution in [3.63, 3.8) is 0 Å². The maximum Gasteiger partial charge on any atom is 0.260 e. The van der Waals surface area contributed by atoms with E-state index in [4.69, 9.17) is 9.40 Å². The van der Waals surface area contributed by atoms with Crippen molar-refractivity contribution in [1.29, 1.82) is 0 Å². The first-order valence-electron chi connectivity index (χ1n) is 11.3. The van der Waals surface area contributed by atoms with Crippen LogP contribution in [0.2, 0.25) is 0 Å². The number of thiazole rings is 1. The number of hydrogen-bond donors (Lipinski definition) is 0. The Morgan fingerprint density at radius 2 is 1.85 bits per heavy atom. The Hall–Kier alpha value is -3.01. The van der Waals surface area contributed by atoms with Crippen LogP contribution in [0.25, 0.3) is 10.2 Å². The molecule has 34 heavy (non-hydrogen) atoms. The van der Waals surface area contributed by atoms with Crippen LogP contribution in [0, 0.1) is 0 Å². The van der Waals surface area contributed by atoms with Gasteiger partial charge in [0.05, 0.1) is 27.9 Å². The minimum absolute atomic E-state index is 0.205. The van der Waals surface area contributed by atoms with Crippen LogP contribution < -0.4 is 4.90 Å². The molecule has 3 heterocycles. The summed E-state index contributed by atoms with van der Waals surface area (Å²) in [6.07, 6.45) is 4.17. The van der Waals surface area contributed by atoms with E-state index in [1.165, 1.54) is 27.8 Å². The number of para-hydroxylation sites is 1. The van der Waals surface area contributed by atoms with Gasteiger partial charge in [0.25, 0.3) is 5.91 Å². The molecule has 2 aromatic heterocycles. The maximum absolute atomic E-state index is 13.6. The van der Waals surface area contributed by atoms with Gasteiger partial charge in [0.2, 0.25) is 10.0 Å². The van der Waals surface area contributed by atoms with Crippen LogP contribution in [0.5, 0.6) is 0 Å². The summed E-state index contributed by atoms with van der Waals surface area (Å²) >= 11 is 1.45. The smallest absolute Gasteiger partial charge is 0.260 e. The van der Waals surface area contributed by atoms with Gasteiger partial charge in [-0.2, -0.15) is 4.31 Å². The van der Waals surface area contributed by atoms with Crippen molar-refractivity contribution in [2.24, 2.45) is 0 Å². The molecule has 5 rings (SSSR count). The first-order chi connectivity index (χ1) is 16.5. The van der Waals surface area contributed by atoms with Gasteiger partial charge in [-0.1, -0.05) is 30.4 Å². The van der Waals surface area contributed by atoms with E-state index in [0.29, 0.717) is 29.5 Å². The molecule has 0 aliphatic carbocycles. The summed E-state index contributed by atoms with van der Waals surface area (Å²) in [7, 11) is -3.54. The van der Waals surface area contributed by atoms with E-state index in [2.05, 4.69) is 6.92 Å². The fourth-order valence-electron chi connectivity index (χ4n) is 4.18. The number of benzene rings is 2. The Kier molecular flexibility index (Phi) is 6.24. The van der Waals surface area contributed by atoms with Gasteiger partial charge >= 0.3 is 0 Å². The largest absolute Gasteiger partial charge is 0.467 e. The third kappa shape index (κ3) is 4.26. The molecule has 2 aromatic carbocycles. The lowest BCUT2D eigenvalue weighted by atomic mass is 10.1. The van der Waals surface area contributed by atoms with E-state index in [-0.39, 0.29) is 17.3 Å². The summed E-state index contributed by atoms with van der Waals surface area (Å²) in [5, 5.41) is 0.575. The molecule has 1 saturated heterocycles. The minimum atomic E-state index is -3.54. The molecule has 1 aliphatic heterocycles. The number of anilines is 1. The number of hydrogen-bond acceptors (Lipinski definition) is 6. The second-order valence-electron chi connectivity index (χ2n) is 8.22. The SMILES string of the molecule is CCc1cccc2sc(N(Cc3ccco3)C(=O)c3ccc(S(=O)(=O)N4CCCC4)cc3)nc12. The first kappa shape index (κ1) is 22.8. The van der Waals surface area contributed by atoms with Crippen molar-refractivity contribution in [2.45, 2.75) is 37.6 Å². The highest BCUT2D eigenvalue weighted by atomic mass is 32.2. The summed E-state index contributed by atoms with van der Waals surface area (Å²) in [5.74, 6) is 0.371. The molecule has 1 fully saturated rings. The van der Waals surface area contributed by atoms with E-state index >= 15 is 0 Å². The molecule has 0 unspecified atom stereocenters. The Morgan fingerprint density at radius 3 is 2.53 bits per heavy atom. The predicted molar refractivity (Wildman–Crippen MR) is 133 cm³/mol. The van der Waals surface area contributed by atoms with Gasteiger partial charge in [-0.05, 0) is 67.3 Å². The van der Waals surface area contributed by atoms with E-state index in [1.807, 2.05) is 24.3 Å². The van der Waals surface area contributed by atoms with Crippen molar-refractivity contribution in [3.8, 4) is 0 Å². The van der Waals surface area contributed by atoms with Gasteiger partial charge in [0.1, 0.15) is 5.76 Å². The third-order valence-corrected chi connectivity index (χ3v) is 9.00. The predicted octanol–water partition coefficient (Wildman–Crippen LogP) is 5.08. The molecular formula is C25H25N3O4S2. The monoisotopic (exact) mass is 495 g/mol. The Morgan fingerprint density at radius 1 is 1.09 bits per heavy atom. The van der Waals surface area contributed by atoms with E-state index < -0.39 is 10.0 Å². The number of fused-ring (bicyclic) bond motifs is 1. The molecule has 0 N–H and O–H groups in total. The number of nitrogens with zero attached hydrogens (tertiary/aromatic N) is 3. The number of aryl methyl sites for hydroxylation is 1. The number of furan rings is 1. The standard InChI is InChI=1S/C25H25N3O4S2/c1-2-18-7-5-9-22-23(18)26-25(33-22)28(17-20-8-6-16-32-20)24(29)19-10-12-21(13-11-19)34(30,31)27-14-3-4-15-27/h5-13,16H,2-4,14-15,17H2,1H3. The quantitative estimate of drug-likeness (QED) is 0.357. The summed E-state index contributed by atoms with van der Waals surface area (Å²) in [5.41, 5.74) is 2.41. The maximum atomic E-state index is 13.6. The Balaban J connectivity index is 1.49. The zero-order valence-electron chi connectivity index (χ0n) is 18.8. The average molecular weight is 496 g/mol. The molecule has 0 bridgehead atoms. The molecule has 4 aromatic rings. The minimum Gasteiger partial charge on any atom is -0.467 e. The molecule has 9 heteroatoms. The highest BCUT2D eigenvalue weighted by Crippen LogP contribution is 2.33. The van der Waals surface area contributed by atoms with Crippen LogP contribution in [0.4, 0.5) is 5.13 Å². The van der Waals surface area contributed by atoms with Crippen LogP contribution in [-0.4, -0.2) is 36.7 Å². The van der Waals surface area contributed by atoms with Crippen molar-refractivity contribution in [3.05, 3.63) is 77.7 Å². The molecule has 0 atom stereocenters. The normalized spacial score (nSPS) is 14.6. The number of amides is 1. The molecule has 7 nitrogen and oxygen atoms in total. The topological polar surface area (TPSA) is 83.7 Å². The molecule has 176 valence electrons. The third-order valence-electron chi connectivity index (χ3n) is 6.05. The summed E-state index contributed by atoms with van der Waals surface area (Å²) in [6.45, 7) is 3.38. The lowest BCUT2D eigenvalue weighted by Crippen LogP contribution is -2.30. The van der Waals surface area contributed by atoms with Gasteiger partial charge in [0, 0.05) is 18.7 Å². The lowest BCUT2D eigenvalue weighted by Gasteiger charge is -2.19. The number of rotatable bonds is 7. The van der Waals surface area contributed by atoms with Gasteiger partial charge < -0.3 is 4.42 Å². The molecule has 0 spiro atoms. The van der Waals surface area contributed by atoms with Crippen molar-refractivity contribution >= 4 is 42.6 Å². The molecule has 0 saturated carbocycles. The average Bonchev–Trinajstić information content (AvgIpc) is 3.63. The Bertz CT molecular complexity index is 1400. The zero-order valence-corrected chi connectivity index (χ0v) is 20.4. The van der Waals surface area contributed by atoms with Gasteiger partial charge in [-0.15, -0.1) is 0 Å². The second kappa shape index (κ2) is 9.32. The Labute approximate surface area is 202 Å². The number of carbonyl (C=O) groups is 1. The van der Waals surface area contributed by atoms with Gasteiger partial charge in [-0.3, -0.25) is 9.69 Å². The number of carbonyl (C=O) groups excluding carboxylic acids is 1. The van der Waals surface area contributed by atoms with Gasteiger partial charge in [-0.25, -0.2) is 13.4 Å². The highest BCUT2D eigenvalue weighted by Gasteiger charge is 2.28. The van der Waals surface area contributed by atoms with Crippen molar-refractivity contribution in [2.75, 3.05) is 18.0 Å². The van der Waals surface area contributed by atoms with Crippen LogP contribution in [0.3, 0.4) is 0 Å². The fraction of sp³-hybridized carbons (Fsp3) is 0.280. The van der Waals surface area contributed by atoms with Crippen LogP contribution >= 0.6 is 11.3 Å². The summed E-state index contributed by atoms with van der Waals surface area (Å²) in [6, 6.07) is 15.8. The van der Waals surface area contributed by atoms with E-state index in [0.717, 1.165) is 35.0 Å². The molecule has 0 radical (unpaired) electrons. The van der Waals surface area contributed by atoms with Crippen molar-refractivity contribution in [1.82, 2.24) is 9.29 Å². The number of sulfonamides is 1. The number of aromatic nitrogens is 1. The first-order valence-corrected chi connectivity index (χ1v) is 13.6. The zero-order chi connectivity index (χ0) is 23.7. The summed E-state index contributed by atoms with van der Waals surface area (Å²) in [4.78, 5) is 20.2. The fourth-order valence-corrected chi connectivity index (χ4v) is 6.71. The van der Waals surface area contributed by atoms with Crippen LogP contribution in [0.15, 0.2) is 70.2 Å². The van der Waals surface area contributed by atoms with Crippen molar-refractivity contribution < 1.29 is 17.6 Å². The van der Waals surface area contributed by atoms with E-state index in [1.54, 1.807) is 29.4 Å². The van der Waals surface area contributed by atoms with Crippen LogP contribution in [-0.2, 0) is 23.0 Å². The molecule has 1 amide bonds. The molecular weight excluding hydrogens is 470 g/mol. The van der Waals surface area contributed by atoms with Crippen LogP contribution in [0.1, 0.15) is 41.4 Å². The highest BCUT2D eigenvalue weighted by molar-refractivity contribution is 7.89. The second-order valence-corrected chi connectivity index (χ2v) is 11.2. The van der Waals surface area contributed by atoms with E-state index in [9.17, 15) is 13.2 Å². The lowest BCUT2D eigenvalue weighted by molar-refractivity contribution is 0.0983.